The van der Waals surface area contributed by atoms with E-state index in [-0.39, 0.29) is 11.9 Å². The zero-order chi connectivity index (χ0) is 16.2. The van der Waals surface area contributed by atoms with Crippen LogP contribution in [0.3, 0.4) is 0 Å². The summed E-state index contributed by atoms with van der Waals surface area (Å²) in [5.74, 6) is -0.0449. The largest absolute Gasteiger partial charge is 0.397 e. The number of amides is 1. The number of likely N-dealkylation sites (N-methyl/N-ethyl adjacent to an activating group) is 1. The van der Waals surface area contributed by atoms with Gasteiger partial charge in [0.05, 0.1) is 11.9 Å². The molecule has 5 nitrogen and oxygen atoms in total. The fourth-order valence-electron chi connectivity index (χ4n) is 2.99. The first-order chi connectivity index (χ1) is 11.1. The molecule has 0 spiro atoms. The number of carbonyl (C=O) groups excluding carboxylic acids is 1. The number of rotatable bonds is 4. The van der Waals surface area contributed by atoms with Crippen LogP contribution in [0.4, 0.5) is 5.69 Å². The quantitative estimate of drug-likeness (QED) is 0.938. The molecular weight excluding hydrogens is 288 g/mol. The molecule has 1 aromatic heterocycles. The van der Waals surface area contributed by atoms with Crippen molar-refractivity contribution in [3.8, 4) is 0 Å². The van der Waals surface area contributed by atoms with Crippen molar-refractivity contribution in [1.82, 2.24) is 14.8 Å². The maximum atomic E-state index is 12.5. The molecule has 3 rings (SSSR count). The Kier molecular flexibility index (Phi) is 4.57. The van der Waals surface area contributed by atoms with Gasteiger partial charge in [-0.1, -0.05) is 30.3 Å². The molecule has 1 fully saturated rings. The van der Waals surface area contributed by atoms with Crippen molar-refractivity contribution in [2.75, 3.05) is 25.9 Å². The molecule has 1 aliphatic rings. The SMILES string of the molecule is CN(C(=O)c1ccc(N)cn1)C1CCN(Cc2ccccc2)C1. The normalized spacial score (nSPS) is 18.0. The van der Waals surface area contributed by atoms with E-state index in [0.29, 0.717) is 11.4 Å². The predicted octanol–water partition coefficient (Wildman–Crippen LogP) is 2.01. The Morgan fingerprint density at radius 2 is 2.09 bits per heavy atom. The van der Waals surface area contributed by atoms with Crippen molar-refractivity contribution < 1.29 is 4.79 Å². The van der Waals surface area contributed by atoms with Gasteiger partial charge in [-0.2, -0.15) is 0 Å². The molecule has 1 saturated heterocycles. The number of nitrogens with zero attached hydrogens (tertiary/aromatic N) is 3. The van der Waals surface area contributed by atoms with E-state index in [1.165, 1.54) is 11.8 Å². The number of hydrogen-bond donors (Lipinski definition) is 1. The van der Waals surface area contributed by atoms with Crippen molar-refractivity contribution in [3.05, 3.63) is 59.9 Å². The van der Waals surface area contributed by atoms with Gasteiger partial charge < -0.3 is 10.6 Å². The van der Waals surface area contributed by atoms with Crippen molar-refractivity contribution in [1.29, 1.82) is 0 Å². The van der Waals surface area contributed by atoms with Crippen molar-refractivity contribution in [3.63, 3.8) is 0 Å². The van der Waals surface area contributed by atoms with E-state index in [9.17, 15) is 4.79 Å². The number of likely N-dealkylation sites (tertiary alicyclic amines) is 1. The van der Waals surface area contributed by atoms with E-state index in [2.05, 4.69) is 34.1 Å². The summed E-state index contributed by atoms with van der Waals surface area (Å²) in [6, 6.07) is 14.1. The molecule has 0 bridgehead atoms. The van der Waals surface area contributed by atoms with Crippen LogP contribution in [0.2, 0.25) is 0 Å². The number of benzene rings is 1. The average Bonchev–Trinajstić information content (AvgIpc) is 3.03. The Labute approximate surface area is 136 Å². The van der Waals surface area contributed by atoms with Gasteiger partial charge in [-0.25, -0.2) is 4.98 Å². The van der Waals surface area contributed by atoms with Gasteiger partial charge in [-0.05, 0) is 24.1 Å². The topological polar surface area (TPSA) is 62.5 Å². The zero-order valence-corrected chi connectivity index (χ0v) is 13.4. The summed E-state index contributed by atoms with van der Waals surface area (Å²) >= 11 is 0. The number of anilines is 1. The van der Waals surface area contributed by atoms with E-state index < -0.39 is 0 Å². The predicted molar refractivity (Wildman–Crippen MR) is 90.9 cm³/mol. The second-order valence-corrected chi connectivity index (χ2v) is 6.06. The van der Waals surface area contributed by atoms with Crippen molar-refractivity contribution >= 4 is 11.6 Å². The highest BCUT2D eigenvalue weighted by atomic mass is 16.2. The Morgan fingerprint density at radius 3 is 2.78 bits per heavy atom. The molecule has 2 aromatic rings. The van der Waals surface area contributed by atoms with Gasteiger partial charge in [-0.15, -0.1) is 0 Å². The lowest BCUT2D eigenvalue weighted by Gasteiger charge is -2.24. The maximum absolute atomic E-state index is 12.5. The van der Waals surface area contributed by atoms with Crippen LogP contribution < -0.4 is 5.73 Å². The first kappa shape index (κ1) is 15.5. The fourth-order valence-corrected chi connectivity index (χ4v) is 2.99. The molecule has 120 valence electrons. The summed E-state index contributed by atoms with van der Waals surface area (Å²) in [6.07, 6.45) is 2.52. The third kappa shape index (κ3) is 3.68. The lowest BCUT2D eigenvalue weighted by molar-refractivity contribution is 0.0729. The highest BCUT2D eigenvalue weighted by Crippen LogP contribution is 2.18. The minimum absolute atomic E-state index is 0.0449. The van der Waals surface area contributed by atoms with E-state index >= 15 is 0 Å². The van der Waals surface area contributed by atoms with Crippen LogP contribution in [0.15, 0.2) is 48.7 Å². The molecule has 0 aliphatic carbocycles. The molecule has 0 saturated carbocycles. The summed E-state index contributed by atoms with van der Waals surface area (Å²) in [5, 5.41) is 0. The molecule has 1 unspecified atom stereocenters. The second-order valence-electron chi connectivity index (χ2n) is 6.06. The Bertz CT molecular complexity index is 656. The molecule has 0 radical (unpaired) electrons. The fraction of sp³-hybridized carbons (Fsp3) is 0.333. The summed E-state index contributed by atoms with van der Waals surface area (Å²) in [4.78, 5) is 20.8. The smallest absolute Gasteiger partial charge is 0.272 e. The first-order valence-corrected chi connectivity index (χ1v) is 7.88. The minimum Gasteiger partial charge on any atom is -0.397 e. The summed E-state index contributed by atoms with van der Waals surface area (Å²) in [7, 11) is 1.86. The summed E-state index contributed by atoms with van der Waals surface area (Å²) < 4.78 is 0. The van der Waals surface area contributed by atoms with Crippen LogP contribution in [0, 0.1) is 0 Å². The highest BCUT2D eigenvalue weighted by molar-refractivity contribution is 5.92. The highest BCUT2D eigenvalue weighted by Gasteiger charge is 2.29. The lowest BCUT2D eigenvalue weighted by Crippen LogP contribution is -2.39. The number of aromatic nitrogens is 1. The Hall–Kier alpha value is -2.40. The molecular formula is C18H22N4O. The van der Waals surface area contributed by atoms with Crippen molar-refractivity contribution in [2.45, 2.75) is 19.0 Å². The van der Waals surface area contributed by atoms with Gasteiger partial charge in [-0.3, -0.25) is 9.69 Å². The van der Waals surface area contributed by atoms with E-state index in [0.717, 1.165) is 26.1 Å². The third-order valence-corrected chi connectivity index (χ3v) is 4.37. The Balaban J connectivity index is 1.59. The molecule has 1 aromatic carbocycles. The molecule has 2 N–H and O–H groups in total. The van der Waals surface area contributed by atoms with Crippen LogP contribution in [-0.2, 0) is 6.54 Å². The molecule has 1 aliphatic heterocycles. The van der Waals surface area contributed by atoms with Gasteiger partial charge in [0, 0.05) is 32.7 Å². The number of hydrogen-bond acceptors (Lipinski definition) is 4. The summed E-state index contributed by atoms with van der Waals surface area (Å²) in [6.45, 7) is 2.83. The lowest BCUT2D eigenvalue weighted by atomic mass is 10.2. The van der Waals surface area contributed by atoms with Crippen LogP contribution in [0.1, 0.15) is 22.5 Å². The number of carbonyl (C=O) groups is 1. The standard InChI is InChI=1S/C18H22N4O/c1-21(18(23)17-8-7-15(19)11-20-17)16-9-10-22(13-16)12-14-5-3-2-4-6-14/h2-8,11,16H,9-10,12-13,19H2,1H3. The Morgan fingerprint density at radius 1 is 1.30 bits per heavy atom. The molecule has 1 amide bonds. The van der Waals surface area contributed by atoms with Gasteiger partial charge in [0.25, 0.3) is 5.91 Å². The van der Waals surface area contributed by atoms with Gasteiger partial charge in [0.1, 0.15) is 5.69 Å². The van der Waals surface area contributed by atoms with Crippen molar-refractivity contribution in [2.24, 2.45) is 0 Å². The number of nitrogens with two attached hydrogens (primary N) is 1. The van der Waals surface area contributed by atoms with E-state index in [4.69, 9.17) is 5.73 Å². The minimum atomic E-state index is -0.0449. The summed E-state index contributed by atoms with van der Waals surface area (Å²) in [5.41, 5.74) is 7.95. The van der Waals surface area contributed by atoms with E-state index in [1.54, 1.807) is 12.1 Å². The molecule has 23 heavy (non-hydrogen) atoms. The number of pyridine rings is 1. The molecule has 5 heteroatoms. The average molecular weight is 310 g/mol. The zero-order valence-electron chi connectivity index (χ0n) is 13.4. The van der Waals surface area contributed by atoms with Crippen LogP contribution in [0.5, 0.6) is 0 Å². The third-order valence-electron chi connectivity index (χ3n) is 4.37. The molecule has 1 atom stereocenters. The van der Waals surface area contributed by atoms with Crippen LogP contribution >= 0.6 is 0 Å². The maximum Gasteiger partial charge on any atom is 0.272 e. The second kappa shape index (κ2) is 6.79. The van der Waals surface area contributed by atoms with E-state index in [1.807, 2.05) is 18.0 Å². The molecule has 2 heterocycles. The first-order valence-electron chi connectivity index (χ1n) is 7.88. The monoisotopic (exact) mass is 310 g/mol. The van der Waals surface area contributed by atoms with Gasteiger partial charge in [0.15, 0.2) is 0 Å². The van der Waals surface area contributed by atoms with Gasteiger partial charge >= 0.3 is 0 Å². The van der Waals surface area contributed by atoms with Crippen LogP contribution in [0.25, 0.3) is 0 Å². The number of nitrogen functional groups attached to an aromatic ring is 1. The van der Waals surface area contributed by atoms with Crippen LogP contribution in [-0.4, -0.2) is 46.9 Å². The van der Waals surface area contributed by atoms with Gasteiger partial charge in [0.2, 0.25) is 0 Å².